The van der Waals surface area contributed by atoms with Crippen LogP contribution in [0.5, 0.6) is 11.5 Å². The lowest BCUT2D eigenvalue weighted by molar-refractivity contribution is -0.110. The number of fused-ring (bicyclic) bond motifs is 2. The van der Waals surface area contributed by atoms with Crippen molar-refractivity contribution in [3.63, 3.8) is 0 Å². The molecule has 1 aromatic heterocycles. The first-order valence-electron chi connectivity index (χ1n) is 12.5. The molecule has 0 unspecified atom stereocenters. The van der Waals surface area contributed by atoms with Gasteiger partial charge in [0, 0.05) is 34.4 Å². The standard InChI is InChI=1S/C30H29N3O3/c1-35-24-7-4-20(5-8-24)21-6-10-26-27(30(34)32-29(26)18-21)19-23-16-22-17-25(9-11-28(22)31-23)36-15-14-33-12-2-3-13-33/h4-11,16-19,31H,2-3,12-15H2,1H3,(H,32,34)/b27-19+. The molecule has 6 heteroatoms. The van der Waals surface area contributed by atoms with Gasteiger partial charge in [-0.1, -0.05) is 24.3 Å². The Hall–Kier alpha value is -4.03. The number of methoxy groups -OCH3 is 1. The zero-order chi connectivity index (χ0) is 24.5. The molecule has 3 heterocycles. The summed E-state index contributed by atoms with van der Waals surface area (Å²) in [6.45, 7) is 4.02. The van der Waals surface area contributed by atoms with Gasteiger partial charge in [-0.3, -0.25) is 9.69 Å². The van der Waals surface area contributed by atoms with Crippen molar-refractivity contribution < 1.29 is 14.3 Å². The first-order chi connectivity index (χ1) is 17.7. The summed E-state index contributed by atoms with van der Waals surface area (Å²) in [6.07, 6.45) is 4.50. The predicted octanol–water partition coefficient (Wildman–Crippen LogP) is 5.81. The van der Waals surface area contributed by atoms with E-state index in [1.807, 2.05) is 60.7 Å². The van der Waals surface area contributed by atoms with Gasteiger partial charge in [0.05, 0.1) is 12.7 Å². The van der Waals surface area contributed by atoms with E-state index in [0.717, 1.165) is 57.0 Å². The molecule has 0 atom stereocenters. The number of nitrogens with zero attached hydrogens (tertiary/aromatic N) is 1. The molecule has 6 nitrogen and oxygen atoms in total. The van der Waals surface area contributed by atoms with Gasteiger partial charge in [0.15, 0.2) is 0 Å². The first-order valence-corrected chi connectivity index (χ1v) is 12.5. The summed E-state index contributed by atoms with van der Waals surface area (Å²) >= 11 is 0. The molecule has 1 fully saturated rings. The number of nitrogens with one attached hydrogen (secondary N) is 2. The van der Waals surface area contributed by atoms with Gasteiger partial charge in [0.2, 0.25) is 0 Å². The van der Waals surface area contributed by atoms with Crippen LogP contribution in [0.2, 0.25) is 0 Å². The van der Waals surface area contributed by atoms with Crippen molar-refractivity contribution in [3.8, 4) is 22.6 Å². The second-order valence-corrected chi connectivity index (χ2v) is 9.37. The largest absolute Gasteiger partial charge is 0.497 e. The van der Waals surface area contributed by atoms with Crippen LogP contribution in [0.4, 0.5) is 5.69 Å². The average molecular weight is 480 g/mol. The third-order valence-electron chi connectivity index (χ3n) is 7.01. The molecular formula is C30H29N3O3. The molecule has 0 bridgehead atoms. The van der Waals surface area contributed by atoms with Crippen LogP contribution in [0, 0.1) is 0 Å². The van der Waals surface area contributed by atoms with Crippen molar-refractivity contribution in [2.45, 2.75) is 12.8 Å². The minimum atomic E-state index is -0.0959. The number of aromatic nitrogens is 1. The highest BCUT2D eigenvalue weighted by atomic mass is 16.5. The van der Waals surface area contributed by atoms with Crippen molar-refractivity contribution in [2.75, 3.05) is 38.7 Å². The van der Waals surface area contributed by atoms with Crippen molar-refractivity contribution >= 4 is 34.1 Å². The van der Waals surface area contributed by atoms with E-state index in [9.17, 15) is 4.79 Å². The zero-order valence-electron chi connectivity index (χ0n) is 20.3. The topological polar surface area (TPSA) is 66.6 Å². The number of amides is 1. The van der Waals surface area contributed by atoms with Crippen LogP contribution in [0.25, 0.3) is 33.7 Å². The number of aromatic amines is 1. The molecule has 4 aromatic rings. The Morgan fingerprint density at radius 1 is 0.917 bits per heavy atom. The van der Waals surface area contributed by atoms with E-state index in [1.165, 1.54) is 25.9 Å². The molecule has 2 N–H and O–H groups in total. The van der Waals surface area contributed by atoms with E-state index >= 15 is 0 Å². The quantitative estimate of drug-likeness (QED) is 0.328. The third kappa shape index (κ3) is 4.48. The molecule has 0 aliphatic carbocycles. The van der Waals surface area contributed by atoms with Gasteiger partial charge in [0.25, 0.3) is 5.91 Å². The number of carbonyl (C=O) groups excluding carboxylic acids is 1. The molecular weight excluding hydrogens is 450 g/mol. The average Bonchev–Trinajstić information content (AvgIpc) is 3.63. The van der Waals surface area contributed by atoms with E-state index < -0.39 is 0 Å². The van der Waals surface area contributed by atoms with Gasteiger partial charge >= 0.3 is 0 Å². The molecule has 3 aromatic carbocycles. The van der Waals surface area contributed by atoms with Crippen molar-refractivity contribution in [1.82, 2.24) is 9.88 Å². The summed E-state index contributed by atoms with van der Waals surface area (Å²) in [5, 5.41) is 4.08. The van der Waals surface area contributed by atoms with Gasteiger partial charge < -0.3 is 19.8 Å². The smallest absolute Gasteiger partial charge is 0.256 e. The summed E-state index contributed by atoms with van der Waals surface area (Å²) < 4.78 is 11.3. The number of anilines is 1. The van der Waals surface area contributed by atoms with Crippen LogP contribution in [0.3, 0.4) is 0 Å². The highest BCUT2D eigenvalue weighted by Crippen LogP contribution is 2.37. The normalized spacial score (nSPS) is 16.5. The summed E-state index contributed by atoms with van der Waals surface area (Å²) in [5.41, 5.74) is 6.39. The summed E-state index contributed by atoms with van der Waals surface area (Å²) in [5.74, 6) is 1.59. The van der Waals surface area contributed by atoms with Gasteiger partial charge in [0.1, 0.15) is 18.1 Å². The van der Waals surface area contributed by atoms with Gasteiger partial charge in [-0.05, 0) is 85.6 Å². The Labute approximate surface area is 210 Å². The molecule has 1 saturated heterocycles. The van der Waals surface area contributed by atoms with Crippen LogP contribution >= 0.6 is 0 Å². The van der Waals surface area contributed by atoms with Crippen LogP contribution in [0.1, 0.15) is 24.1 Å². The minimum Gasteiger partial charge on any atom is -0.497 e. The Balaban J connectivity index is 1.21. The fourth-order valence-corrected chi connectivity index (χ4v) is 5.06. The van der Waals surface area contributed by atoms with Crippen molar-refractivity contribution in [3.05, 3.63) is 78.0 Å². The van der Waals surface area contributed by atoms with Crippen molar-refractivity contribution in [2.24, 2.45) is 0 Å². The summed E-state index contributed by atoms with van der Waals surface area (Å²) in [4.78, 5) is 18.7. The Morgan fingerprint density at radius 3 is 2.50 bits per heavy atom. The summed E-state index contributed by atoms with van der Waals surface area (Å²) in [6, 6.07) is 22.1. The summed E-state index contributed by atoms with van der Waals surface area (Å²) in [7, 11) is 1.66. The molecule has 6 rings (SSSR count). The number of hydrogen-bond donors (Lipinski definition) is 2. The van der Waals surface area contributed by atoms with Gasteiger partial charge in [-0.2, -0.15) is 0 Å². The van der Waals surface area contributed by atoms with E-state index in [-0.39, 0.29) is 5.91 Å². The molecule has 2 aliphatic heterocycles. The number of hydrogen-bond acceptors (Lipinski definition) is 4. The lowest BCUT2D eigenvalue weighted by Crippen LogP contribution is -2.25. The zero-order valence-corrected chi connectivity index (χ0v) is 20.3. The lowest BCUT2D eigenvalue weighted by Gasteiger charge is -2.14. The van der Waals surface area contributed by atoms with Crippen LogP contribution in [-0.4, -0.2) is 49.1 Å². The fraction of sp³-hybridized carbons (Fsp3) is 0.233. The van der Waals surface area contributed by atoms with Gasteiger partial charge in [-0.25, -0.2) is 0 Å². The number of H-pyrrole nitrogens is 1. The maximum Gasteiger partial charge on any atom is 0.256 e. The highest BCUT2D eigenvalue weighted by Gasteiger charge is 2.24. The first kappa shape index (κ1) is 22.4. The van der Waals surface area contributed by atoms with E-state index in [4.69, 9.17) is 9.47 Å². The monoisotopic (exact) mass is 479 g/mol. The van der Waals surface area contributed by atoms with Crippen molar-refractivity contribution in [1.29, 1.82) is 0 Å². The second kappa shape index (κ2) is 9.55. The minimum absolute atomic E-state index is 0.0959. The maximum atomic E-state index is 12.8. The Kier molecular flexibility index (Phi) is 5.95. The molecule has 0 spiro atoms. The molecule has 36 heavy (non-hydrogen) atoms. The molecule has 0 saturated carbocycles. The van der Waals surface area contributed by atoms with Crippen LogP contribution in [-0.2, 0) is 4.79 Å². The molecule has 182 valence electrons. The highest BCUT2D eigenvalue weighted by molar-refractivity contribution is 6.35. The lowest BCUT2D eigenvalue weighted by atomic mass is 10.00. The number of rotatable bonds is 7. The van der Waals surface area contributed by atoms with E-state index in [1.54, 1.807) is 7.11 Å². The second-order valence-electron chi connectivity index (χ2n) is 9.37. The third-order valence-corrected chi connectivity index (χ3v) is 7.01. The fourth-order valence-electron chi connectivity index (χ4n) is 5.06. The Bertz CT molecular complexity index is 1450. The number of likely N-dealkylation sites (tertiary alicyclic amines) is 1. The number of benzene rings is 3. The molecule has 0 radical (unpaired) electrons. The molecule has 1 amide bonds. The Morgan fingerprint density at radius 2 is 1.69 bits per heavy atom. The SMILES string of the molecule is COc1ccc(-c2ccc3c(c2)NC(=O)/C3=C/c2cc3cc(OCCN4CCCC4)ccc3[nH]2)cc1. The van der Waals surface area contributed by atoms with Gasteiger partial charge in [-0.15, -0.1) is 0 Å². The molecule has 2 aliphatic rings. The van der Waals surface area contributed by atoms with Crippen LogP contribution < -0.4 is 14.8 Å². The number of ether oxygens (including phenoxy) is 2. The maximum absolute atomic E-state index is 12.8. The van der Waals surface area contributed by atoms with E-state index in [2.05, 4.69) is 27.3 Å². The van der Waals surface area contributed by atoms with Crippen LogP contribution in [0.15, 0.2) is 66.7 Å². The number of carbonyl (C=O) groups is 1. The van der Waals surface area contributed by atoms with E-state index in [0.29, 0.717) is 12.2 Å². The predicted molar refractivity (Wildman–Crippen MR) is 144 cm³/mol.